The molecule has 1 atom stereocenters. The van der Waals surface area contributed by atoms with Gasteiger partial charge in [0.2, 0.25) is 0 Å². The Balaban J connectivity index is 1.62. The van der Waals surface area contributed by atoms with Crippen LogP contribution in [0.15, 0.2) is 57.7 Å². The Labute approximate surface area is 185 Å². The third kappa shape index (κ3) is 4.23. The van der Waals surface area contributed by atoms with Gasteiger partial charge in [0.25, 0.3) is 0 Å². The molecule has 1 fully saturated rings. The summed E-state index contributed by atoms with van der Waals surface area (Å²) in [4.78, 5) is 39.7. The Bertz CT molecular complexity index is 1230. The van der Waals surface area contributed by atoms with Crippen LogP contribution in [0.1, 0.15) is 30.4 Å². The number of carboxylic acid groups (broad SMARTS) is 1. The Morgan fingerprint density at radius 3 is 2.66 bits per heavy atom. The molecule has 1 saturated heterocycles. The summed E-state index contributed by atoms with van der Waals surface area (Å²) in [6.45, 7) is 2.71. The molecule has 7 heteroatoms. The van der Waals surface area contributed by atoms with Crippen LogP contribution in [0.3, 0.4) is 0 Å². The molecule has 7 nitrogen and oxygen atoms in total. The smallest absolute Gasteiger partial charge is 0.336 e. The number of piperidine rings is 1. The van der Waals surface area contributed by atoms with Crippen molar-refractivity contribution in [1.82, 2.24) is 9.80 Å². The fourth-order valence-corrected chi connectivity index (χ4v) is 4.38. The van der Waals surface area contributed by atoms with Gasteiger partial charge in [0.15, 0.2) is 0 Å². The van der Waals surface area contributed by atoms with Crippen LogP contribution in [0.5, 0.6) is 0 Å². The molecule has 1 aromatic heterocycles. The van der Waals surface area contributed by atoms with Gasteiger partial charge in [-0.1, -0.05) is 36.4 Å². The Kier molecular flexibility index (Phi) is 5.99. The van der Waals surface area contributed by atoms with Gasteiger partial charge in [-0.3, -0.25) is 0 Å². The monoisotopic (exact) mass is 434 g/mol. The van der Waals surface area contributed by atoms with E-state index in [1.165, 1.54) is 15.9 Å². The molecule has 32 heavy (non-hydrogen) atoms. The molecule has 2 heterocycles. The highest BCUT2D eigenvalue weighted by Crippen LogP contribution is 2.30. The highest BCUT2D eigenvalue weighted by molar-refractivity contribution is 5.94. The van der Waals surface area contributed by atoms with E-state index in [4.69, 9.17) is 4.42 Å². The number of amides is 2. The molecule has 1 aliphatic rings. The van der Waals surface area contributed by atoms with Crippen molar-refractivity contribution in [3.63, 3.8) is 0 Å². The van der Waals surface area contributed by atoms with Gasteiger partial charge in [-0.15, -0.1) is 0 Å². The van der Waals surface area contributed by atoms with Crippen molar-refractivity contribution in [2.75, 3.05) is 13.6 Å². The van der Waals surface area contributed by atoms with Crippen molar-refractivity contribution in [1.29, 1.82) is 0 Å². The molecule has 1 unspecified atom stereocenters. The van der Waals surface area contributed by atoms with Crippen LogP contribution in [0.25, 0.3) is 22.1 Å². The second-order valence-electron chi connectivity index (χ2n) is 8.31. The van der Waals surface area contributed by atoms with Gasteiger partial charge in [0, 0.05) is 37.2 Å². The summed E-state index contributed by atoms with van der Waals surface area (Å²) in [7, 11) is 1.65. The lowest BCUT2D eigenvalue weighted by atomic mass is 9.97. The second-order valence-corrected chi connectivity index (χ2v) is 8.31. The number of hydrogen-bond donors (Lipinski definition) is 1. The van der Waals surface area contributed by atoms with Crippen LogP contribution in [0, 0.1) is 6.92 Å². The SMILES string of the molecule is Cc1ccccc1-c1cc(=O)oc2cc(CN(C)C(=O)N3CCCCC3C(=O)O)ccc12. The van der Waals surface area contributed by atoms with Crippen molar-refractivity contribution in [2.24, 2.45) is 0 Å². The number of urea groups is 1. The van der Waals surface area contributed by atoms with E-state index < -0.39 is 17.6 Å². The van der Waals surface area contributed by atoms with Gasteiger partial charge in [-0.05, 0) is 48.9 Å². The Morgan fingerprint density at radius 2 is 1.91 bits per heavy atom. The van der Waals surface area contributed by atoms with E-state index in [2.05, 4.69) is 0 Å². The van der Waals surface area contributed by atoms with Crippen molar-refractivity contribution >= 4 is 23.0 Å². The Morgan fingerprint density at radius 1 is 1.12 bits per heavy atom. The standard InChI is InChI=1S/C25H26N2O5/c1-16-7-3-4-8-18(16)20-14-23(28)32-22-13-17(10-11-19(20)22)15-26(2)25(31)27-12-6-5-9-21(27)24(29)30/h3-4,7-8,10-11,13-14,21H,5-6,9,12,15H2,1-2H3,(H,29,30). The second kappa shape index (κ2) is 8.86. The largest absolute Gasteiger partial charge is 0.480 e. The summed E-state index contributed by atoms with van der Waals surface area (Å²) in [6, 6.07) is 13.8. The summed E-state index contributed by atoms with van der Waals surface area (Å²) in [5.41, 5.74) is 3.65. The fraction of sp³-hybridized carbons (Fsp3) is 0.320. The van der Waals surface area contributed by atoms with Crippen LogP contribution in [-0.4, -0.2) is 46.5 Å². The molecular formula is C25H26N2O5. The lowest BCUT2D eigenvalue weighted by molar-refractivity contribution is -0.143. The van der Waals surface area contributed by atoms with E-state index in [0.717, 1.165) is 40.5 Å². The van der Waals surface area contributed by atoms with E-state index >= 15 is 0 Å². The molecule has 166 valence electrons. The predicted octanol–water partition coefficient (Wildman–Crippen LogP) is 4.26. The first kappa shape index (κ1) is 21.6. The first-order valence-corrected chi connectivity index (χ1v) is 10.7. The van der Waals surface area contributed by atoms with E-state index in [1.54, 1.807) is 13.1 Å². The maximum atomic E-state index is 12.9. The summed E-state index contributed by atoms with van der Waals surface area (Å²) < 4.78 is 5.46. The molecule has 1 N–H and O–H groups in total. The molecule has 0 bridgehead atoms. The minimum absolute atomic E-state index is 0.274. The quantitative estimate of drug-likeness (QED) is 0.620. The van der Waals surface area contributed by atoms with Crippen LogP contribution < -0.4 is 5.63 Å². The lowest BCUT2D eigenvalue weighted by Crippen LogP contribution is -2.52. The molecular weight excluding hydrogens is 408 g/mol. The predicted molar refractivity (Wildman–Crippen MR) is 122 cm³/mol. The number of nitrogens with zero attached hydrogens (tertiary/aromatic N) is 2. The zero-order valence-electron chi connectivity index (χ0n) is 18.2. The average Bonchev–Trinajstić information content (AvgIpc) is 2.78. The van der Waals surface area contributed by atoms with Crippen LogP contribution >= 0.6 is 0 Å². The molecule has 2 amide bonds. The van der Waals surface area contributed by atoms with Gasteiger partial charge in [-0.2, -0.15) is 0 Å². The first-order valence-electron chi connectivity index (χ1n) is 10.7. The third-order valence-electron chi connectivity index (χ3n) is 6.02. The molecule has 3 aromatic rings. The number of aliphatic carboxylic acids is 1. The average molecular weight is 434 g/mol. The highest BCUT2D eigenvalue weighted by Gasteiger charge is 2.33. The lowest BCUT2D eigenvalue weighted by Gasteiger charge is -2.35. The van der Waals surface area contributed by atoms with E-state index in [0.29, 0.717) is 18.5 Å². The number of carbonyl (C=O) groups excluding carboxylic acids is 1. The van der Waals surface area contributed by atoms with Gasteiger partial charge in [-0.25, -0.2) is 14.4 Å². The minimum Gasteiger partial charge on any atom is -0.480 e. The number of fused-ring (bicyclic) bond motifs is 1. The van der Waals surface area contributed by atoms with E-state index in [1.807, 2.05) is 43.3 Å². The van der Waals surface area contributed by atoms with Gasteiger partial charge < -0.3 is 19.3 Å². The van der Waals surface area contributed by atoms with E-state index in [-0.39, 0.29) is 12.6 Å². The Hall–Kier alpha value is -3.61. The summed E-state index contributed by atoms with van der Waals surface area (Å²) in [5, 5.41) is 10.3. The van der Waals surface area contributed by atoms with Crippen LogP contribution in [0.2, 0.25) is 0 Å². The van der Waals surface area contributed by atoms with Gasteiger partial charge >= 0.3 is 17.6 Å². The molecule has 0 radical (unpaired) electrons. The molecule has 0 saturated carbocycles. The molecule has 2 aromatic carbocycles. The van der Waals surface area contributed by atoms with Gasteiger partial charge in [0.1, 0.15) is 11.6 Å². The molecule has 4 rings (SSSR count). The number of rotatable bonds is 4. The minimum atomic E-state index is -0.970. The molecule has 0 spiro atoms. The van der Waals surface area contributed by atoms with Crippen molar-refractivity contribution in [2.45, 2.75) is 38.8 Å². The summed E-state index contributed by atoms with van der Waals surface area (Å²) in [6.07, 6.45) is 2.07. The number of carboxylic acids is 1. The summed E-state index contributed by atoms with van der Waals surface area (Å²) >= 11 is 0. The summed E-state index contributed by atoms with van der Waals surface area (Å²) in [5.74, 6) is -0.970. The number of hydrogen-bond acceptors (Lipinski definition) is 4. The third-order valence-corrected chi connectivity index (χ3v) is 6.02. The first-order chi connectivity index (χ1) is 15.3. The highest BCUT2D eigenvalue weighted by atomic mass is 16.4. The fourth-order valence-electron chi connectivity index (χ4n) is 4.38. The van der Waals surface area contributed by atoms with Crippen molar-refractivity contribution in [3.8, 4) is 11.1 Å². The van der Waals surface area contributed by atoms with Crippen molar-refractivity contribution < 1.29 is 19.1 Å². The maximum Gasteiger partial charge on any atom is 0.336 e. The van der Waals surface area contributed by atoms with Crippen LogP contribution in [-0.2, 0) is 11.3 Å². The van der Waals surface area contributed by atoms with E-state index in [9.17, 15) is 19.5 Å². The number of aryl methyl sites for hydroxylation is 1. The molecule has 1 aliphatic heterocycles. The maximum absolute atomic E-state index is 12.9. The number of carbonyl (C=O) groups is 2. The molecule has 0 aliphatic carbocycles. The normalized spacial score (nSPS) is 16.2. The zero-order chi connectivity index (χ0) is 22.8. The topological polar surface area (TPSA) is 91.1 Å². The zero-order valence-corrected chi connectivity index (χ0v) is 18.2. The van der Waals surface area contributed by atoms with Gasteiger partial charge in [0.05, 0.1) is 0 Å². The van der Waals surface area contributed by atoms with Crippen LogP contribution in [0.4, 0.5) is 4.79 Å². The van der Waals surface area contributed by atoms with Crippen molar-refractivity contribution in [3.05, 3.63) is 70.1 Å². The number of likely N-dealkylation sites (tertiary alicyclic amines) is 1. The number of benzene rings is 2.